The summed E-state index contributed by atoms with van der Waals surface area (Å²) < 4.78 is 2.77. The van der Waals surface area contributed by atoms with Gasteiger partial charge in [-0.3, -0.25) is 0 Å². The number of alkyl halides is 3. The van der Waals surface area contributed by atoms with Gasteiger partial charge in [0.15, 0.2) is 0 Å². The van der Waals surface area contributed by atoms with Gasteiger partial charge in [0.2, 0.25) is 0 Å². The van der Waals surface area contributed by atoms with Gasteiger partial charge in [0.05, 0.1) is 6.61 Å². The van der Waals surface area contributed by atoms with Crippen LogP contribution in [0.5, 0.6) is 0 Å². The maximum Gasteiger partial charge on any atom is 0.358 e. The Morgan fingerprint density at radius 2 is 2.00 bits per heavy atom. The van der Waals surface area contributed by atoms with Gasteiger partial charge in [0.25, 0.3) is 3.79 Å². The van der Waals surface area contributed by atoms with Crippen molar-refractivity contribution >= 4 is 40.8 Å². The third-order valence-corrected chi connectivity index (χ3v) is 1.89. The Bertz CT molecular complexity index is 153. The van der Waals surface area contributed by atoms with Crippen LogP contribution in [0, 0.1) is 5.92 Å². The van der Waals surface area contributed by atoms with Gasteiger partial charge in [-0.15, -0.1) is 0 Å². The normalized spacial score (nSPS) is 14.1. The van der Waals surface area contributed by atoms with Gasteiger partial charge >= 0.3 is 5.97 Å². The molecule has 0 N–H and O–H groups in total. The van der Waals surface area contributed by atoms with Crippen LogP contribution in [0.4, 0.5) is 0 Å². The highest BCUT2D eigenvalue weighted by atomic mass is 35.6. The zero-order valence-corrected chi connectivity index (χ0v) is 9.21. The number of carbonyl (C=O) groups is 1. The highest BCUT2D eigenvalue weighted by Gasteiger charge is 2.32. The van der Waals surface area contributed by atoms with Crippen molar-refractivity contribution in [3.05, 3.63) is 0 Å². The number of hydrogen-bond donors (Lipinski definition) is 0. The Kier molecular flexibility index (Phi) is 5.30. The molecule has 0 spiro atoms. The van der Waals surface area contributed by atoms with E-state index in [0.717, 1.165) is 6.42 Å². The second-order valence-corrected chi connectivity index (χ2v) is 4.89. The fourth-order valence-corrected chi connectivity index (χ4v) is 0.581. The van der Waals surface area contributed by atoms with Gasteiger partial charge in [-0.25, -0.2) is 4.79 Å². The Balaban J connectivity index is 3.73. The average Bonchev–Trinajstić information content (AvgIpc) is 1.97. The van der Waals surface area contributed by atoms with Crippen LogP contribution in [-0.4, -0.2) is 16.4 Å². The molecule has 0 aromatic heterocycles. The second kappa shape index (κ2) is 5.15. The van der Waals surface area contributed by atoms with Crippen molar-refractivity contribution in [2.24, 2.45) is 5.92 Å². The fourth-order valence-electron chi connectivity index (χ4n) is 0.418. The Morgan fingerprint density at radius 3 is 2.33 bits per heavy atom. The van der Waals surface area contributed by atoms with E-state index in [0.29, 0.717) is 12.5 Å². The molecule has 72 valence electrons. The average molecular weight is 234 g/mol. The molecule has 0 aliphatic heterocycles. The topological polar surface area (TPSA) is 26.3 Å². The quantitative estimate of drug-likeness (QED) is 0.553. The summed E-state index contributed by atoms with van der Waals surface area (Å²) in [5.41, 5.74) is 0. The van der Waals surface area contributed by atoms with E-state index in [1.165, 1.54) is 0 Å². The Hall–Kier alpha value is 0.340. The summed E-state index contributed by atoms with van der Waals surface area (Å²) in [5, 5.41) is 0. The number of esters is 1. The minimum Gasteiger partial charge on any atom is -0.462 e. The van der Waals surface area contributed by atoms with Gasteiger partial charge in [0, 0.05) is 0 Å². The van der Waals surface area contributed by atoms with Crippen molar-refractivity contribution in [1.82, 2.24) is 0 Å². The number of rotatable bonds is 3. The molecule has 0 rings (SSSR count). The standard InChI is InChI=1S/C7H11Cl3O2/c1-3-5(2)4-12-6(11)7(8,9)10/h5H,3-4H2,1-2H3/t5-/m0/s1. The molecule has 0 heterocycles. The molecule has 0 amide bonds. The highest BCUT2D eigenvalue weighted by Crippen LogP contribution is 2.27. The van der Waals surface area contributed by atoms with Crippen LogP contribution in [0.1, 0.15) is 20.3 Å². The Morgan fingerprint density at radius 1 is 1.50 bits per heavy atom. The molecule has 0 bridgehead atoms. The predicted molar refractivity (Wildman–Crippen MR) is 50.7 cm³/mol. The van der Waals surface area contributed by atoms with Crippen LogP contribution in [0.3, 0.4) is 0 Å². The van der Waals surface area contributed by atoms with Gasteiger partial charge in [-0.05, 0) is 5.92 Å². The molecule has 0 aliphatic rings. The van der Waals surface area contributed by atoms with Crippen LogP contribution >= 0.6 is 34.8 Å². The van der Waals surface area contributed by atoms with E-state index in [1.807, 2.05) is 13.8 Å². The maximum absolute atomic E-state index is 10.9. The maximum atomic E-state index is 10.9. The molecule has 0 saturated heterocycles. The van der Waals surface area contributed by atoms with E-state index in [1.54, 1.807) is 0 Å². The number of halogens is 3. The monoisotopic (exact) mass is 232 g/mol. The summed E-state index contributed by atoms with van der Waals surface area (Å²) in [6.45, 7) is 4.24. The lowest BCUT2D eigenvalue weighted by Gasteiger charge is -2.13. The van der Waals surface area contributed by atoms with E-state index in [4.69, 9.17) is 39.5 Å². The molecule has 12 heavy (non-hydrogen) atoms. The first-order valence-electron chi connectivity index (χ1n) is 3.61. The van der Waals surface area contributed by atoms with Crippen LogP contribution in [0.15, 0.2) is 0 Å². The summed E-state index contributed by atoms with van der Waals surface area (Å²) in [6.07, 6.45) is 0.924. The smallest absolute Gasteiger partial charge is 0.358 e. The van der Waals surface area contributed by atoms with Crippen molar-refractivity contribution in [2.75, 3.05) is 6.61 Å². The van der Waals surface area contributed by atoms with E-state index in [-0.39, 0.29) is 0 Å². The number of ether oxygens (including phenoxy) is 1. The van der Waals surface area contributed by atoms with Gasteiger partial charge in [-0.2, -0.15) is 0 Å². The van der Waals surface area contributed by atoms with Crippen molar-refractivity contribution in [1.29, 1.82) is 0 Å². The van der Waals surface area contributed by atoms with Crippen molar-refractivity contribution in [2.45, 2.75) is 24.1 Å². The molecule has 0 aliphatic carbocycles. The summed E-state index contributed by atoms with van der Waals surface area (Å²) in [4.78, 5) is 10.9. The number of carbonyl (C=O) groups excluding carboxylic acids is 1. The van der Waals surface area contributed by atoms with E-state index in [9.17, 15) is 4.79 Å². The largest absolute Gasteiger partial charge is 0.462 e. The molecule has 1 atom stereocenters. The van der Waals surface area contributed by atoms with Crippen LogP contribution in [0.25, 0.3) is 0 Å². The molecular weight excluding hydrogens is 222 g/mol. The molecule has 0 aromatic carbocycles. The van der Waals surface area contributed by atoms with Crippen molar-refractivity contribution in [3.8, 4) is 0 Å². The zero-order chi connectivity index (χ0) is 9.78. The number of hydrogen-bond acceptors (Lipinski definition) is 2. The summed E-state index contributed by atoms with van der Waals surface area (Å²) in [6, 6.07) is 0. The van der Waals surface area contributed by atoms with Gasteiger partial charge < -0.3 is 4.74 Å². The van der Waals surface area contributed by atoms with Crippen LogP contribution in [-0.2, 0) is 9.53 Å². The van der Waals surface area contributed by atoms with E-state index in [2.05, 4.69) is 0 Å². The van der Waals surface area contributed by atoms with E-state index >= 15 is 0 Å². The molecule has 0 fully saturated rings. The molecule has 0 aromatic rings. The SMILES string of the molecule is CC[C@H](C)COC(=O)C(Cl)(Cl)Cl. The minimum absolute atomic E-state index is 0.293. The molecule has 0 radical (unpaired) electrons. The summed E-state index contributed by atoms with van der Waals surface area (Å²) in [5.74, 6) is -0.519. The lowest BCUT2D eigenvalue weighted by Crippen LogP contribution is -2.24. The molecule has 5 heteroatoms. The highest BCUT2D eigenvalue weighted by molar-refractivity contribution is 6.75. The first-order chi connectivity index (χ1) is 5.38. The molecular formula is C7H11Cl3O2. The molecule has 2 nitrogen and oxygen atoms in total. The fraction of sp³-hybridized carbons (Fsp3) is 0.857. The summed E-state index contributed by atoms with van der Waals surface area (Å²) >= 11 is 15.8. The zero-order valence-electron chi connectivity index (χ0n) is 6.94. The molecule has 0 unspecified atom stereocenters. The van der Waals surface area contributed by atoms with Gasteiger partial charge in [0.1, 0.15) is 0 Å². The predicted octanol–water partition coefficient (Wildman–Crippen LogP) is 2.95. The van der Waals surface area contributed by atoms with Gasteiger partial charge in [-0.1, -0.05) is 55.1 Å². The first-order valence-corrected chi connectivity index (χ1v) is 4.75. The third kappa shape index (κ3) is 5.07. The minimum atomic E-state index is -1.95. The lowest BCUT2D eigenvalue weighted by molar-refractivity contribution is -0.143. The lowest BCUT2D eigenvalue weighted by atomic mass is 10.1. The van der Waals surface area contributed by atoms with Crippen LogP contribution < -0.4 is 0 Å². The third-order valence-electron chi connectivity index (χ3n) is 1.43. The Labute approximate surface area is 87.1 Å². The summed E-state index contributed by atoms with van der Waals surface area (Å²) in [7, 11) is 0. The second-order valence-electron chi connectivity index (χ2n) is 2.61. The van der Waals surface area contributed by atoms with Crippen molar-refractivity contribution in [3.63, 3.8) is 0 Å². The first kappa shape index (κ1) is 12.3. The van der Waals surface area contributed by atoms with E-state index < -0.39 is 9.76 Å². The van der Waals surface area contributed by atoms with Crippen molar-refractivity contribution < 1.29 is 9.53 Å². The van der Waals surface area contributed by atoms with Crippen LogP contribution in [0.2, 0.25) is 0 Å². The molecule has 0 saturated carbocycles.